The maximum Gasteiger partial charge on any atom is 0.0718 e. The standard InChI is InChI=1S/C11H23NO/c1-10-7-5-4-6-8-12(10)9-11(2,3)13/h10,13H,4-9H2,1-3H3. The molecule has 1 aliphatic rings. The van der Waals surface area contributed by atoms with Crippen molar-refractivity contribution in [1.29, 1.82) is 0 Å². The third-order valence-corrected chi connectivity index (χ3v) is 2.78. The lowest BCUT2D eigenvalue weighted by molar-refractivity contribution is 0.0243. The summed E-state index contributed by atoms with van der Waals surface area (Å²) < 4.78 is 0. The Morgan fingerprint density at radius 2 is 2.00 bits per heavy atom. The summed E-state index contributed by atoms with van der Waals surface area (Å²) in [4.78, 5) is 2.42. The lowest BCUT2D eigenvalue weighted by Crippen LogP contribution is -2.43. The largest absolute Gasteiger partial charge is 0.389 e. The number of hydrogen-bond acceptors (Lipinski definition) is 2. The van der Waals surface area contributed by atoms with Gasteiger partial charge in [0.05, 0.1) is 5.60 Å². The monoisotopic (exact) mass is 185 g/mol. The average molecular weight is 185 g/mol. The van der Waals surface area contributed by atoms with Gasteiger partial charge in [-0.15, -0.1) is 0 Å². The predicted octanol–water partition coefficient (Wildman–Crippen LogP) is 2.02. The Bertz CT molecular complexity index is 151. The Morgan fingerprint density at radius 3 is 2.62 bits per heavy atom. The number of nitrogens with zero attached hydrogens (tertiary/aromatic N) is 1. The predicted molar refractivity (Wildman–Crippen MR) is 55.8 cm³/mol. The highest BCUT2D eigenvalue weighted by Gasteiger charge is 2.23. The van der Waals surface area contributed by atoms with Crippen molar-refractivity contribution in [2.45, 2.75) is 58.1 Å². The lowest BCUT2D eigenvalue weighted by Gasteiger charge is -2.32. The minimum Gasteiger partial charge on any atom is -0.389 e. The molecule has 1 N–H and O–H groups in total. The lowest BCUT2D eigenvalue weighted by atomic mass is 10.1. The molecule has 0 saturated carbocycles. The molecule has 78 valence electrons. The number of hydrogen-bond donors (Lipinski definition) is 1. The van der Waals surface area contributed by atoms with E-state index >= 15 is 0 Å². The van der Waals surface area contributed by atoms with E-state index in [9.17, 15) is 5.11 Å². The van der Waals surface area contributed by atoms with Gasteiger partial charge in [0, 0.05) is 12.6 Å². The van der Waals surface area contributed by atoms with Crippen LogP contribution in [-0.2, 0) is 0 Å². The van der Waals surface area contributed by atoms with Crippen molar-refractivity contribution in [3.63, 3.8) is 0 Å². The summed E-state index contributed by atoms with van der Waals surface area (Å²) in [6, 6.07) is 0.647. The van der Waals surface area contributed by atoms with Gasteiger partial charge in [-0.1, -0.05) is 12.8 Å². The van der Waals surface area contributed by atoms with Crippen LogP contribution in [0.1, 0.15) is 46.5 Å². The van der Waals surface area contributed by atoms with Gasteiger partial charge in [-0.25, -0.2) is 0 Å². The first-order valence-corrected chi connectivity index (χ1v) is 5.45. The van der Waals surface area contributed by atoms with Gasteiger partial charge in [-0.3, -0.25) is 4.90 Å². The van der Waals surface area contributed by atoms with Crippen LogP contribution in [0.2, 0.25) is 0 Å². The van der Waals surface area contributed by atoms with Crippen molar-refractivity contribution in [1.82, 2.24) is 4.90 Å². The molecule has 0 amide bonds. The second kappa shape index (κ2) is 4.43. The number of aliphatic hydroxyl groups is 1. The molecule has 0 radical (unpaired) electrons. The van der Waals surface area contributed by atoms with Gasteiger partial charge >= 0.3 is 0 Å². The SMILES string of the molecule is CC1CCCCCN1CC(C)(C)O. The van der Waals surface area contributed by atoms with E-state index in [1.807, 2.05) is 13.8 Å². The Balaban J connectivity index is 2.45. The first-order valence-electron chi connectivity index (χ1n) is 5.45. The summed E-state index contributed by atoms with van der Waals surface area (Å²) in [6.45, 7) is 8.03. The maximum atomic E-state index is 9.74. The van der Waals surface area contributed by atoms with E-state index in [1.54, 1.807) is 0 Å². The summed E-state index contributed by atoms with van der Waals surface area (Å²) in [5.41, 5.74) is -0.543. The Morgan fingerprint density at radius 1 is 1.31 bits per heavy atom. The van der Waals surface area contributed by atoms with Crippen LogP contribution in [0.15, 0.2) is 0 Å². The molecule has 1 aliphatic heterocycles. The van der Waals surface area contributed by atoms with Crippen molar-refractivity contribution in [2.75, 3.05) is 13.1 Å². The first-order chi connectivity index (χ1) is 5.99. The van der Waals surface area contributed by atoms with Gasteiger partial charge in [0.1, 0.15) is 0 Å². The molecule has 13 heavy (non-hydrogen) atoms. The van der Waals surface area contributed by atoms with Crippen LogP contribution in [0, 0.1) is 0 Å². The molecule has 2 heteroatoms. The van der Waals surface area contributed by atoms with Crippen molar-refractivity contribution < 1.29 is 5.11 Å². The van der Waals surface area contributed by atoms with Crippen molar-refractivity contribution in [3.8, 4) is 0 Å². The fourth-order valence-electron chi connectivity index (χ4n) is 2.07. The molecule has 1 unspecified atom stereocenters. The summed E-state index contributed by atoms with van der Waals surface area (Å²) in [6.07, 6.45) is 5.28. The summed E-state index contributed by atoms with van der Waals surface area (Å²) >= 11 is 0. The fraction of sp³-hybridized carbons (Fsp3) is 1.00. The molecule has 0 aromatic carbocycles. The molecule has 1 rings (SSSR count). The second-order valence-electron chi connectivity index (χ2n) is 4.98. The number of β-amino-alcohol motifs (C(OH)–C–C–N with tert-alkyl or cyclic N) is 1. The highest BCUT2D eigenvalue weighted by Crippen LogP contribution is 2.18. The highest BCUT2D eigenvalue weighted by atomic mass is 16.3. The zero-order valence-corrected chi connectivity index (χ0v) is 9.21. The van der Waals surface area contributed by atoms with Crippen LogP contribution < -0.4 is 0 Å². The minimum atomic E-state index is -0.543. The van der Waals surface area contributed by atoms with E-state index in [1.165, 1.54) is 25.7 Å². The summed E-state index contributed by atoms with van der Waals surface area (Å²) in [5, 5.41) is 9.74. The molecule has 0 aliphatic carbocycles. The molecule has 1 saturated heterocycles. The topological polar surface area (TPSA) is 23.5 Å². The molecule has 0 aromatic heterocycles. The van der Waals surface area contributed by atoms with E-state index in [0.29, 0.717) is 6.04 Å². The third-order valence-electron chi connectivity index (χ3n) is 2.78. The summed E-state index contributed by atoms with van der Waals surface area (Å²) in [5.74, 6) is 0. The molecule has 1 atom stereocenters. The zero-order valence-electron chi connectivity index (χ0n) is 9.21. The van der Waals surface area contributed by atoms with E-state index in [2.05, 4.69) is 11.8 Å². The molecule has 2 nitrogen and oxygen atoms in total. The fourth-order valence-corrected chi connectivity index (χ4v) is 2.07. The second-order valence-corrected chi connectivity index (χ2v) is 4.98. The van der Waals surface area contributed by atoms with Gasteiger partial charge in [-0.05, 0) is 40.2 Å². The third kappa shape index (κ3) is 4.10. The zero-order chi connectivity index (χ0) is 9.90. The van der Waals surface area contributed by atoms with Gasteiger partial charge in [0.15, 0.2) is 0 Å². The maximum absolute atomic E-state index is 9.74. The van der Waals surface area contributed by atoms with Crippen molar-refractivity contribution in [3.05, 3.63) is 0 Å². The van der Waals surface area contributed by atoms with Crippen LogP contribution in [0.3, 0.4) is 0 Å². The quantitative estimate of drug-likeness (QED) is 0.711. The Kier molecular flexibility index (Phi) is 3.74. The Hall–Kier alpha value is -0.0800. The van der Waals surface area contributed by atoms with Gasteiger partial charge in [-0.2, -0.15) is 0 Å². The van der Waals surface area contributed by atoms with Crippen molar-refractivity contribution in [2.24, 2.45) is 0 Å². The summed E-state index contributed by atoms with van der Waals surface area (Å²) in [7, 11) is 0. The average Bonchev–Trinajstić information content (AvgIpc) is 2.14. The smallest absolute Gasteiger partial charge is 0.0718 e. The van der Waals surface area contributed by atoms with E-state index < -0.39 is 5.60 Å². The Labute approximate surface area is 81.9 Å². The molecular weight excluding hydrogens is 162 g/mol. The van der Waals surface area contributed by atoms with Crippen LogP contribution >= 0.6 is 0 Å². The molecule has 0 aromatic rings. The van der Waals surface area contributed by atoms with Gasteiger partial charge in [0.2, 0.25) is 0 Å². The molecular formula is C11H23NO. The normalized spacial score (nSPS) is 27.2. The van der Waals surface area contributed by atoms with Crippen LogP contribution in [0.5, 0.6) is 0 Å². The van der Waals surface area contributed by atoms with Crippen molar-refractivity contribution >= 4 is 0 Å². The molecule has 1 fully saturated rings. The highest BCUT2D eigenvalue weighted by molar-refractivity contribution is 4.78. The van der Waals surface area contributed by atoms with Crippen LogP contribution in [-0.4, -0.2) is 34.7 Å². The van der Waals surface area contributed by atoms with E-state index in [-0.39, 0.29) is 0 Å². The number of rotatable bonds is 2. The van der Waals surface area contributed by atoms with Crippen LogP contribution in [0.4, 0.5) is 0 Å². The molecule has 1 heterocycles. The molecule has 0 bridgehead atoms. The first kappa shape index (κ1) is 11.0. The number of likely N-dealkylation sites (tertiary alicyclic amines) is 1. The van der Waals surface area contributed by atoms with Crippen LogP contribution in [0.25, 0.3) is 0 Å². The van der Waals surface area contributed by atoms with Gasteiger partial charge < -0.3 is 5.11 Å². The van der Waals surface area contributed by atoms with E-state index in [0.717, 1.165) is 13.1 Å². The minimum absolute atomic E-state index is 0.543. The molecule has 0 spiro atoms. The van der Waals surface area contributed by atoms with Gasteiger partial charge in [0.25, 0.3) is 0 Å². The van der Waals surface area contributed by atoms with E-state index in [4.69, 9.17) is 0 Å².